The first-order chi connectivity index (χ1) is 9.52. The number of anilines is 3. The molecule has 0 fully saturated rings. The average Bonchev–Trinajstić information content (AvgIpc) is 2.43. The molecule has 2 aromatic rings. The van der Waals surface area contributed by atoms with Gasteiger partial charge >= 0.3 is 0 Å². The Balaban J connectivity index is 2.40. The highest BCUT2D eigenvalue weighted by atomic mass is 16.1. The summed E-state index contributed by atoms with van der Waals surface area (Å²) in [5.74, 6) is 0.775. The quantitative estimate of drug-likeness (QED) is 0.790. The summed E-state index contributed by atoms with van der Waals surface area (Å²) >= 11 is 0. The van der Waals surface area contributed by atoms with Crippen LogP contribution in [-0.2, 0) is 0 Å². The van der Waals surface area contributed by atoms with E-state index in [1.54, 1.807) is 25.4 Å². The number of benzene rings is 1. The lowest BCUT2D eigenvalue weighted by atomic mass is 10.1. The van der Waals surface area contributed by atoms with Crippen LogP contribution in [0.1, 0.15) is 21.5 Å². The third-order valence-electron chi connectivity index (χ3n) is 3.05. The molecule has 1 aromatic heterocycles. The van der Waals surface area contributed by atoms with E-state index in [0.717, 1.165) is 16.8 Å². The van der Waals surface area contributed by atoms with Crippen LogP contribution in [0.25, 0.3) is 0 Å². The summed E-state index contributed by atoms with van der Waals surface area (Å²) in [5.41, 5.74) is 8.35. The summed E-state index contributed by atoms with van der Waals surface area (Å²) in [4.78, 5) is 19.8. The summed E-state index contributed by atoms with van der Waals surface area (Å²) < 4.78 is 0. The van der Waals surface area contributed by atoms with Crippen molar-refractivity contribution < 1.29 is 4.79 Å². The molecule has 0 atom stereocenters. The molecule has 0 aliphatic heterocycles. The lowest BCUT2D eigenvalue weighted by molar-refractivity contribution is 0.1000. The van der Waals surface area contributed by atoms with Crippen LogP contribution in [0.2, 0.25) is 0 Å². The number of nitrogens with two attached hydrogens (primary N) is 1. The molecule has 0 saturated heterocycles. The van der Waals surface area contributed by atoms with E-state index in [0.29, 0.717) is 17.3 Å². The van der Waals surface area contributed by atoms with E-state index in [-0.39, 0.29) is 0 Å². The minimum Gasteiger partial charge on any atom is -0.366 e. The second-order valence-electron chi connectivity index (χ2n) is 4.44. The number of hydrogen-bond donors (Lipinski definition) is 3. The van der Waals surface area contributed by atoms with Gasteiger partial charge in [-0.15, -0.1) is 0 Å². The van der Waals surface area contributed by atoms with Gasteiger partial charge in [-0.05, 0) is 31.5 Å². The van der Waals surface area contributed by atoms with Crippen molar-refractivity contribution in [1.29, 1.82) is 0 Å². The second kappa shape index (κ2) is 5.56. The van der Waals surface area contributed by atoms with Gasteiger partial charge in [0.15, 0.2) is 0 Å². The Bertz CT molecular complexity index is 654. The fourth-order valence-corrected chi connectivity index (χ4v) is 1.85. The van der Waals surface area contributed by atoms with Crippen LogP contribution in [0.15, 0.2) is 24.4 Å². The summed E-state index contributed by atoms with van der Waals surface area (Å²) in [7, 11) is 1.76. The van der Waals surface area contributed by atoms with Crippen molar-refractivity contribution in [2.75, 3.05) is 17.7 Å². The molecular formula is C14H17N5O. The lowest BCUT2D eigenvalue weighted by Crippen LogP contribution is -2.13. The zero-order valence-electron chi connectivity index (χ0n) is 11.7. The van der Waals surface area contributed by atoms with E-state index in [4.69, 9.17) is 5.73 Å². The second-order valence-corrected chi connectivity index (χ2v) is 4.44. The van der Waals surface area contributed by atoms with Crippen LogP contribution >= 0.6 is 0 Å². The van der Waals surface area contributed by atoms with Gasteiger partial charge in [0.2, 0.25) is 11.9 Å². The van der Waals surface area contributed by atoms with Crippen LogP contribution in [0.4, 0.5) is 17.5 Å². The average molecular weight is 271 g/mol. The highest BCUT2D eigenvalue weighted by molar-refractivity contribution is 5.96. The van der Waals surface area contributed by atoms with E-state index in [1.807, 2.05) is 19.9 Å². The van der Waals surface area contributed by atoms with Crippen molar-refractivity contribution in [3.05, 3.63) is 41.1 Å². The van der Waals surface area contributed by atoms with Crippen molar-refractivity contribution in [3.63, 3.8) is 0 Å². The SMILES string of the molecule is CNc1ncc(C)c(Nc2cccc(C(N)=O)c2C)n1. The van der Waals surface area contributed by atoms with Crippen LogP contribution in [0.5, 0.6) is 0 Å². The molecule has 6 nitrogen and oxygen atoms in total. The number of hydrogen-bond acceptors (Lipinski definition) is 5. The van der Waals surface area contributed by atoms with Gasteiger partial charge in [-0.25, -0.2) is 4.98 Å². The molecule has 0 unspecified atom stereocenters. The first-order valence-electron chi connectivity index (χ1n) is 6.20. The monoisotopic (exact) mass is 271 g/mol. The van der Waals surface area contributed by atoms with Gasteiger partial charge in [0, 0.05) is 30.1 Å². The highest BCUT2D eigenvalue weighted by Crippen LogP contribution is 2.24. The van der Waals surface area contributed by atoms with Crippen molar-refractivity contribution in [2.24, 2.45) is 5.73 Å². The van der Waals surface area contributed by atoms with E-state index in [2.05, 4.69) is 20.6 Å². The number of rotatable bonds is 4. The van der Waals surface area contributed by atoms with Crippen LogP contribution in [0.3, 0.4) is 0 Å². The molecule has 0 radical (unpaired) electrons. The molecule has 1 heterocycles. The maximum absolute atomic E-state index is 11.4. The van der Waals surface area contributed by atoms with Crippen molar-refractivity contribution in [2.45, 2.75) is 13.8 Å². The minimum atomic E-state index is -0.443. The number of primary amides is 1. The summed E-state index contributed by atoms with van der Waals surface area (Å²) in [6.07, 6.45) is 1.73. The molecule has 1 amide bonds. The summed E-state index contributed by atoms with van der Waals surface area (Å²) in [6.45, 7) is 3.76. The maximum Gasteiger partial charge on any atom is 0.249 e. The number of aryl methyl sites for hydroxylation is 1. The van der Waals surface area contributed by atoms with E-state index < -0.39 is 5.91 Å². The number of nitrogens with one attached hydrogen (secondary N) is 2. The van der Waals surface area contributed by atoms with Crippen LogP contribution < -0.4 is 16.4 Å². The van der Waals surface area contributed by atoms with Gasteiger partial charge in [-0.1, -0.05) is 6.07 Å². The predicted octanol–water partition coefficient (Wildman–Crippen LogP) is 1.98. The van der Waals surface area contributed by atoms with E-state index in [1.165, 1.54) is 0 Å². The van der Waals surface area contributed by atoms with Gasteiger partial charge in [-0.2, -0.15) is 4.98 Å². The molecule has 1 aromatic carbocycles. The first-order valence-corrected chi connectivity index (χ1v) is 6.20. The van der Waals surface area contributed by atoms with Crippen molar-refractivity contribution in [1.82, 2.24) is 9.97 Å². The minimum absolute atomic E-state index is 0.443. The molecule has 6 heteroatoms. The zero-order chi connectivity index (χ0) is 14.7. The standard InChI is InChI=1S/C14H17N5O/c1-8-7-17-14(16-3)19-13(8)18-11-6-4-5-10(9(11)2)12(15)20/h4-7H,1-3H3,(H2,15,20)(H2,16,17,18,19). The smallest absolute Gasteiger partial charge is 0.249 e. The zero-order valence-corrected chi connectivity index (χ0v) is 11.7. The first kappa shape index (κ1) is 13.8. The molecule has 0 spiro atoms. The number of carbonyl (C=O) groups is 1. The largest absolute Gasteiger partial charge is 0.366 e. The Hall–Kier alpha value is -2.63. The fraction of sp³-hybridized carbons (Fsp3) is 0.214. The Kier molecular flexibility index (Phi) is 3.84. The van der Waals surface area contributed by atoms with Crippen LogP contribution in [-0.4, -0.2) is 22.9 Å². The Morgan fingerprint density at radius 2 is 2.05 bits per heavy atom. The molecule has 2 rings (SSSR count). The molecule has 0 aliphatic carbocycles. The number of nitrogens with zero attached hydrogens (tertiary/aromatic N) is 2. The third-order valence-corrected chi connectivity index (χ3v) is 3.05. The topological polar surface area (TPSA) is 92.9 Å². The van der Waals surface area contributed by atoms with E-state index >= 15 is 0 Å². The highest BCUT2D eigenvalue weighted by Gasteiger charge is 2.10. The molecule has 20 heavy (non-hydrogen) atoms. The summed E-state index contributed by atoms with van der Waals surface area (Å²) in [5, 5.41) is 6.10. The molecular weight excluding hydrogens is 254 g/mol. The van der Waals surface area contributed by atoms with E-state index in [9.17, 15) is 4.79 Å². The number of carbonyl (C=O) groups excluding carboxylic acids is 1. The number of amides is 1. The van der Waals surface area contributed by atoms with Gasteiger partial charge in [0.1, 0.15) is 5.82 Å². The molecule has 0 saturated carbocycles. The predicted molar refractivity (Wildman–Crippen MR) is 79.3 cm³/mol. The fourth-order valence-electron chi connectivity index (χ4n) is 1.85. The lowest BCUT2D eigenvalue weighted by Gasteiger charge is -2.13. The summed E-state index contributed by atoms with van der Waals surface area (Å²) in [6, 6.07) is 5.36. The molecule has 0 aliphatic rings. The molecule has 0 bridgehead atoms. The Morgan fingerprint density at radius 1 is 1.30 bits per heavy atom. The van der Waals surface area contributed by atoms with Gasteiger partial charge < -0.3 is 16.4 Å². The van der Waals surface area contributed by atoms with Crippen LogP contribution in [0, 0.1) is 13.8 Å². The van der Waals surface area contributed by atoms with Gasteiger partial charge in [0.25, 0.3) is 0 Å². The molecule has 4 N–H and O–H groups in total. The maximum atomic E-state index is 11.4. The normalized spacial score (nSPS) is 10.2. The Morgan fingerprint density at radius 3 is 2.70 bits per heavy atom. The van der Waals surface area contributed by atoms with Crippen molar-refractivity contribution in [3.8, 4) is 0 Å². The van der Waals surface area contributed by atoms with Gasteiger partial charge in [-0.3, -0.25) is 4.79 Å². The van der Waals surface area contributed by atoms with Gasteiger partial charge in [0.05, 0.1) is 0 Å². The van der Waals surface area contributed by atoms with Crippen molar-refractivity contribution >= 4 is 23.4 Å². The third kappa shape index (κ3) is 2.69. The number of aromatic nitrogens is 2. The molecule has 104 valence electrons. The Labute approximate surface area is 117 Å².